The minimum Gasteiger partial charge on any atom is -0.345 e. The fraction of sp³-hybridized carbons (Fsp3) is 0.500. The van der Waals surface area contributed by atoms with E-state index in [4.69, 9.17) is 0 Å². The number of nitrogens with one attached hydrogen (secondary N) is 1. The Bertz CT molecular complexity index is 1050. The number of fused-ring (bicyclic) bond motifs is 1. The summed E-state index contributed by atoms with van der Waals surface area (Å²) in [6, 6.07) is 9.31. The smallest absolute Gasteiger partial charge is 0.270 e. The molecule has 2 atom stereocenters. The summed E-state index contributed by atoms with van der Waals surface area (Å²) >= 11 is 0. The van der Waals surface area contributed by atoms with Crippen molar-refractivity contribution in [3.63, 3.8) is 0 Å². The standard InChI is InChI=1S/C24H26N4O2/c1-15-4-2-6-19(26-15)21(29)27-23-9-16-8-17(10-23)12-24(11-16,14-23)28-13-20-18(22(28)30)5-3-7-25-20/h2-7,16-17H,8-14H2,1H3,(H,27,29). The van der Waals surface area contributed by atoms with Crippen LogP contribution in [0.2, 0.25) is 0 Å². The van der Waals surface area contributed by atoms with Gasteiger partial charge in [0.2, 0.25) is 0 Å². The van der Waals surface area contributed by atoms with Crippen molar-refractivity contribution >= 4 is 11.8 Å². The highest BCUT2D eigenvalue weighted by Gasteiger charge is 2.61. The van der Waals surface area contributed by atoms with Gasteiger partial charge in [0.05, 0.1) is 17.8 Å². The molecule has 2 unspecified atom stereocenters. The Morgan fingerprint density at radius 1 is 1.13 bits per heavy atom. The monoisotopic (exact) mass is 402 g/mol. The number of rotatable bonds is 3. The van der Waals surface area contributed by atoms with E-state index in [0.29, 0.717) is 24.1 Å². The van der Waals surface area contributed by atoms with E-state index in [9.17, 15) is 9.59 Å². The van der Waals surface area contributed by atoms with E-state index in [1.807, 2.05) is 31.2 Å². The predicted molar refractivity (Wildman–Crippen MR) is 111 cm³/mol. The third-order valence-corrected chi connectivity index (χ3v) is 7.78. The lowest BCUT2D eigenvalue weighted by Crippen LogP contribution is -2.69. The van der Waals surface area contributed by atoms with Crippen molar-refractivity contribution < 1.29 is 9.59 Å². The lowest BCUT2D eigenvalue weighted by molar-refractivity contribution is -0.0940. The van der Waals surface area contributed by atoms with Crippen LogP contribution in [0.3, 0.4) is 0 Å². The molecule has 6 nitrogen and oxygen atoms in total. The van der Waals surface area contributed by atoms with Gasteiger partial charge in [-0.3, -0.25) is 14.6 Å². The van der Waals surface area contributed by atoms with Crippen molar-refractivity contribution in [2.45, 2.75) is 63.1 Å². The highest BCUT2D eigenvalue weighted by Crippen LogP contribution is 2.60. The first-order valence-electron chi connectivity index (χ1n) is 11.0. The maximum absolute atomic E-state index is 13.3. The molecule has 5 aliphatic rings. The zero-order chi connectivity index (χ0) is 20.5. The molecule has 4 saturated carbocycles. The molecule has 0 aromatic carbocycles. The minimum atomic E-state index is -0.241. The van der Waals surface area contributed by atoms with Gasteiger partial charge in [0.15, 0.2) is 0 Å². The molecule has 7 rings (SSSR count). The van der Waals surface area contributed by atoms with Crippen LogP contribution in [0.25, 0.3) is 0 Å². The molecule has 2 aromatic heterocycles. The summed E-state index contributed by atoms with van der Waals surface area (Å²) in [4.78, 5) is 37.3. The number of hydrogen-bond acceptors (Lipinski definition) is 4. The van der Waals surface area contributed by atoms with Gasteiger partial charge >= 0.3 is 0 Å². The molecule has 4 bridgehead atoms. The van der Waals surface area contributed by atoms with Crippen LogP contribution in [0.5, 0.6) is 0 Å². The first-order valence-corrected chi connectivity index (χ1v) is 11.0. The second-order valence-corrected chi connectivity index (χ2v) is 9.97. The topological polar surface area (TPSA) is 75.2 Å². The van der Waals surface area contributed by atoms with Crippen LogP contribution in [0.15, 0.2) is 36.5 Å². The van der Waals surface area contributed by atoms with Gasteiger partial charge in [0.25, 0.3) is 11.8 Å². The zero-order valence-corrected chi connectivity index (χ0v) is 17.2. The maximum Gasteiger partial charge on any atom is 0.270 e. The minimum absolute atomic E-state index is 0.0894. The zero-order valence-electron chi connectivity index (χ0n) is 17.2. The van der Waals surface area contributed by atoms with Crippen molar-refractivity contribution in [1.29, 1.82) is 0 Å². The Hall–Kier alpha value is -2.76. The Morgan fingerprint density at radius 2 is 1.93 bits per heavy atom. The summed E-state index contributed by atoms with van der Waals surface area (Å²) in [6.45, 7) is 2.50. The molecule has 154 valence electrons. The van der Waals surface area contributed by atoms with E-state index in [1.54, 1.807) is 12.3 Å². The normalized spacial score (nSPS) is 33.6. The highest BCUT2D eigenvalue weighted by atomic mass is 16.2. The number of carbonyl (C=O) groups excluding carboxylic acids is 2. The molecule has 2 amide bonds. The van der Waals surface area contributed by atoms with Crippen molar-refractivity contribution in [1.82, 2.24) is 20.2 Å². The van der Waals surface area contributed by atoms with Crippen molar-refractivity contribution in [2.24, 2.45) is 11.8 Å². The SMILES string of the molecule is Cc1cccc(C(=O)NC23CC4CC(C2)CC(N2Cc5ncccc5C2=O)(C4)C3)n1. The molecule has 2 aromatic rings. The van der Waals surface area contributed by atoms with Gasteiger partial charge in [-0.25, -0.2) is 4.98 Å². The maximum atomic E-state index is 13.3. The van der Waals surface area contributed by atoms with Gasteiger partial charge in [-0.15, -0.1) is 0 Å². The molecule has 4 fully saturated rings. The summed E-state index contributed by atoms with van der Waals surface area (Å²) in [5.74, 6) is 1.14. The van der Waals surface area contributed by atoms with Crippen LogP contribution in [-0.2, 0) is 6.54 Å². The number of nitrogens with zero attached hydrogens (tertiary/aromatic N) is 3. The lowest BCUT2D eigenvalue weighted by Gasteiger charge is -2.64. The quantitative estimate of drug-likeness (QED) is 0.855. The summed E-state index contributed by atoms with van der Waals surface area (Å²) in [5, 5.41) is 3.40. The first-order chi connectivity index (χ1) is 14.5. The van der Waals surface area contributed by atoms with Crippen molar-refractivity contribution in [3.8, 4) is 0 Å². The Kier molecular flexibility index (Phi) is 3.68. The van der Waals surface area contributed by atoms with Crippen LogP contribution >= 0.6 is 0 Å². The summed E-state index contributed by atoms with van der Waals surface area (Å²) in [5.41, 5.74) is 2.55. The fourth-order valence-electron chi connectivity index (χ4n) is 7.16. The summed E-state index contributed by atoms with van der Waals surface area (Å²) in [6.07, 6.45) is 7.94. The van der Waals surface area contributed by atoms with Gasteiger partial charge in [-0.1, -0.05) is 6.07 Å². The highest BCUT2D eigenvalue weighted by molar-refractivity contribution is 5.98. The Morgan fingerprint density at radius 3 is 2.67 bits per heavy atom. The second kappa shape index (κ2) is 6.13. The number of hydrogen-bond donors (Lipinski definition) is 1. The summed E-state index contributed by atoms with van der Waals surface area (Å²) in [7, 11) is 0. The Labute approximate surface area is 176 Å². The molecule has 0 radical (unpaired) electrons. The third-order valence-electron chi connectivity index (χ3n) is 7.78. The van der Waals surface area contributed by atoms with Crippen molar-refractivity contribution in [3.05, 3.63) is 59.2 Å². The van der Waals surface area contributed by atoms with Crippen LogP contribution in [0.1, 0.15) is 70.8 Å². The molecule has 1 N–H and O–H groups in total. The van der Waals surface area contributed by atoms with Gasteiger partial charge in [-0.2, -0.15) is 0 Å². The van der Waals surface area contributed by atoms with E-state index in [2.05, 4.69) is 20.2 Å². The molecule has 30 heavy (non-hydrogen) atoms. The summed E-state index contributed by atoms with van der Waals surface area (Å²) < 4.78 is 0. The van der Waals surface area contributed by atoms with Crippen LogP contribution < -0.4 is 5.32 Å². The van der Waals surface area contributed by atoms with Gasteiger partial charge in [0.1, 0.15) is 5.69 Å². The molecule has 1 aliphatic heterocycles. The van der Waals surface area contributed by atoms with E-state index in [1.165, 1.54) is 6.42 Å². The molecule has 4 aliphatic carbocycles. The Balaban J connectivity index is 1.32. The fourth-order valence-corrected chi connectivity index (χ4v) is 7.16. The van der Waals surface area contributed by atoms with E-state index in [0.717, 1.165) is 49.1 Å². The van der Waals surface area contributed by atoms with Crippen LogP contribution in [0.4, 0.5) is 0 Å². The number of amides is 2. The number of aromatic nitrogens is 2. The average Bonchev–Trinajstić information content (AvgIpc) is 3.04. The van der Waals surface area contributed by atoms with E-state index in [-0.39, 0.29) is 22.9 Å². The van der Waals surface area contributed by atoms with Crippen molar-refractivity contribution in [2.75, 3.05) is 0 Å². The molecule has 0 saturated heterocycles. The number of carbonyl (C=O) groups is 2. The lowest BCUT2D eigenvalue weighted by atomic mass is 9.49. The first kappa shape index (κ1) is 18.0. The predicted octanol–water partition coefficient (Wildman–Crippen LogP) is 3.26. The van der Waals surface area contributed by atoms with E-state index < -0.39 is 0 Å². The van der Waals surface area contributed by atoms with Crippen LogP contribution in [-0.4, -0.2) is 37.8 Å². The molecule has 6 heteroatoms. The molecule has 3 heterocycles. The molecular formula is C24H26N4O2. The van der Waals surface area contributed by atoms with E-state index >= 15 is 0 Å². The average molecular weight is 402 g/mol. The second-order valence-electron chi connectivity index (χ2n) is 9.97. The molecular weight excluding hydrogens is 376 g/mol. The largest absolute Gasteiger partial charge is 0.345 e. The number of aryl methyl sites for hydroxylation is 1. The van der Waals surface area contributed by atoms with Gasteiger partial charge in [0, 0.05) is 23.0 Å². The van der Waals surface area contributed by atoms with Gasteiger partial charge in [-0.05, 0) is 81.5 Å². The third kappa shape index (κ3) is 2.62. The number of pyridine rings is 2. The molecule has 0 spiro atoms. The van der Waals surface area contributed by atoms with Gasteiger partial charge < -0.3 is 10.2 Å². The van der Waals surface area contributed by atoms with Crippen LogP contribution in [0, 0.1) is 18.8 Å².